The SMILES string of the molecule is Cc1nn(CC2CCCC2)c(N)c1[N+](=O)[O-]. The summed E-state index contributed by atoms with van der Waals surface area (Å²) in [7, 11) is 0. The fourth-order valence-corrected chi connectivity index (χ4v) is 2.39. The molecule has 2 rings (SSSR count). The molecule has 0 unspecified atom stereocenters. The molecule has 0 radical (unpaired) electrons. The molecule has 0 saturated heterocycles. The van der Waals surface area contributed by atoms with Gasteiger partial charge >= 0.3 is 5.69 Å². The number of hydrogen-bond acceptors (Lipinski definition) is 4. The third-order valence-corrected chi connectivity index (χ3v) is 3.22. The Bertz CT molecular complexity index is 407. The molecule has 1 aromatic rings. The van der Waals surface area contributed by atoms with Gasteiger partial charge in [0.05, 0.1) is 4.92 Å². The number of rotatable bonds is 3. The molecule has 0 spiro atoms. The second-order valence-corrected chi connectivity index (χ2v) is 4.41. The Morgan fingerprint density at radius 1 is 1.56 bits per heavy atom. The largest absolute Gasteiger partial charge is 0.378 e. The standard InChI is InChI=1S/C10H16N4O2/c1-7-9(14(15)16)10(11)13(12-7)6-8-4-2-3-5-8/h8H,2-6,11H2,1H3. The lowest BCUT2D eigenvalue weighted by Crippen LogP contribution is -2.11. The summed E-state index contributed by atoms with van der Waals surface area (Å²) in [6.07, 6.45) is 4.83. The van der Waals surface area contributed by atoms with Crippen LogP contribution in [0.4, 0.5) is 11.5 Å². The smallest absolute Gasteiger partial charge is 0.333 e. The number of aromatic nitrogens is 2. The molecule has 0 aromatic carbocycles. The minimum atomic E-state index is -0.456. The van der Waals surface area contributed by atoms with Crippen LogP contribution in [0.15, 0.2) is 0 Å². The van der Waals surface area contributed by atoms with E-state index < -0.39 is 4.92 Å². The molecule has 1 aliphatic carbocycles. The summed E-state index contributed by atoms with van der Waals surface area (Å²) in [5, 5.41) is 14.9. The van der Waals surface area contributed by atoms with E-state index in [9.17, 15) is 10.1 Å². The molecular weight excluding hydrogens is 208 g/mol. The number of aryl methyl sites for hydroxylation is 1. The minimum absolute atomic E-state index is 0.0435. The summed E-state index contributed by atoms with van der Waals surface area (Å²) >= 11 is 0. The summed E-state index contributed by atoms with van der Waals surface area (Å²) in [5.74, 6) is 0.760. The molecule has 0 aliphatic heterocycles. The van der Waals surface area contributed by atoms with Crippen LogP contribution in [-0.2, 0) is 6.54 Å². The summed E-state index contributed by atoms with van der Waals surface area (Å²) in [5.41, 5.74) is 6.10. The second kappa shape index (κ2) is 4.11. The maximum atomic E-state index is 10.8. The molecule has 1 aliphatic rings. The van der Waals surface area contributed by atoms with Gasteiger partial charge in [0, 0.05) is 6.54 Å². The van der Waals surface area contributed by atoms with E-state index in [-0.39, 0.29) is 11.5 Å². The van der Waals surface area contributed by atoms with Crippen molar-refractivity contribution in [1.29, 1.82) is 0 Å². The maximum Gasteiger partial charge on any atom is 0.333 e. The van der Waals surface area contributed by atoms with Gasteiger partial charge in [-0.3, -0.25) is 10.1 Å². The van der Waals surface area contributed by atoms with Crippen LogP contribution in [0.25, 0.3) is 0 Å². The zero-order valence-electron chi connectivity index (χ0n) is 9.35. The Morgan fingerprint density at radius 2 is 2.19 bits per heavy atom. The van der Waals surface area contributed by atoms with Crippen molar-refractivity contribution in [3.63, 3.8) is 0 Å². The summed E-state index contributed by atoms with van der Waals surface area (Å²) in [4.78, 5) is 10.3. The fourth-order valence-electron chi connectivity index (χ4n) is 2.39. The summed E-state index contributed by atoms with van der Waals surface area (Å²) < 4.78 is 1.59. The van der Waals surface area contributed by atoms with Crippen molar-refractivity contribution < 1.29 is 4.92 Å². The van der Waals surface area contributed by atoms with E-state index >= 15 is 0 Å². The van der Waals surface area contributed by atoms with E-state index in [1.807, 2.05) is 0 Å². The van der Waals surface area contributed by atoms with Gasteiger partial charge in [-0.15, -0.1) is 0 Å². The van der Waals surface area contributed by atoms with Crippen molar-refractivity contribution in [2.24, 2.45) is 5.92 Å². The van der Waals surface area contributed by atoms with Crippen LogP contribution >= 0.6 is 0 Å². The zero-order valence-corrected chi connectivity index (χ0v) is 9.35. The van der Waals surface area contributed by atoms with Crippen LogP contribution in [0, 0.1) is 23.0 Å². The van der Waals surface area contributed by atoms with Gasteiger partial charge < -0.3 is 5.73 Å². The van der Waals surface area contributed by atoms with Gasteiger partial charge in [0.15, 0.2) is 0 Å². The van der Waals surface area contributed by atoms with Crippen LogP contribution in [0.2, 0.25) is 0 Å². The molecular formula is C10H16N4O2. The van der Waals surface area contributed by atoms with Crippen LogP contribution in [0.5, 0.6) is 0 Å². The van der Waals surface area contributed by atoms with Crippen LogP contribution < -0.4 is 5.73 Å². The van der Waals surface area contributed by atoms with Crippen molar-refractivity contribution in [3.8, 4) is 0 Å². The molecule has 6 nitrogen and oxygen atoms in total. The maximum absolute atomic E-state index is 10.8. The van der Waals surface area contributed by atoms with Gasteiger partial charge in [0.2, 0.25) is 5.82 Å². The van der Waals surface area contributed by atoms with Crippen molar-refractivity contribution in [2.45, 2.75) is 39.2 Å². The fraction of sp³-hybridized carbons (Fsp3) is 0.700. The van der Waals surface area contributed by atoms with Gasteiger partial charge in [-0.05, 0) is 25.7 Å². The number of hydrogen-bond donors (Lipinski definition) is 1. The van der Waals surface area contributed by atoms with E-state index in [4.69, 9.17) is 5.73 Å². The normalized spacial score (nSPS) is 16.8. The van der Waals surface area contributed by atoms with Gasteiger partial charge in [-0.1, -0.05) is 12.8 Å². The monoisotopic (exact) mass is 224 g/mol. The predicted octanol–water partition coefficient (Wildman–Crippen LogP) is 1.87. The predicted molar refractivity (Wildman–Crippen MR) is 60.0 cm³/mol. The molecule has 1 saturated carbocycles. The topological polar surface area (TPSA) is 87.0 Å². The van der Waals surface area contributed by atoms with Gasteiger partial charge in [0.1, 0.15) is 5.69 Å². The molecule has 0 bridgehead atoms. The van der Waals surface area contributed by atoms with Crippen LogP contribution in [-0.4, -0.2) is 14.7 Å². The zero-order chi connectivity index (χ0) is 11.7. The Labute approximate surface area is 93.6 Å². The van der Waals surface area contributed by atoms with Gasteiger partial charge in [-0.2, -0.15) is 5.10 Å². The molecule has 16 heavy (non-hydrogen) atoms. The number of nitrogen functional groups attached to an aromatic ring is 1. The Morgan fingerprint density at radius 3 is 2.69 bits per heavy atom. The quantitative estimate of drug-likeness (QED) is 0.627. The molecule has 6 heteroatoms. The van der Waals surface area contributed by atoms with Crippen LogP contribution in [0.1, 0.15) is 31.4 Å². The molecule has 1 fully saturated rings. The Kier molecular flexibility index (Phi) is 2.80. The molecule has 0 atom stereocenters. The van der Waals surface area contributed by atoms with E-state index in [1.54, 1.807) is 11.6 Å². The highest BCUT2D eigenvalue weighted by atomic mass is 16.6. The average molecular weight is 224 g/mol. The third kappa shape index (κ3) is 1.87. The first kappa shape index (κ1) is 10.9. The average Bonchev–Trinajstić information content (AvgIpc) is 2.76. The van der Waals surface area contributed by atoms with E-state index in [0.717, 1.165) is 0 Å². The Balaban J connectivity index is 2.21. The highest BCUT2D eigenvalue weighted by Crippen LogP contribution is 2.30. The van der Waals surface area contributed by atoms with E-state index in [1.165, 1.54) is 25.7 Å². The number of nitro groups is 1. The molecule has 2 N–H and O–H groups in total. The Hall–Kier alpha value is -1.59. The van der Waals surface area contributed by atoms with Gasteiger partial charge in [0.25, 0.3) is 0 Å². The number of anilines is 1. The van der Waals surface area contributed by atoms with Crippen molar-refractivity contribution in [1.82, 2.24) is 9.78 Å². The highest BCUT2D eigenvalue weighted by molar-refractivity contribution is 5.55. The van der Waals surface area contributed by atoms with E-state index in [0.29, 0.717) is 18.2 Å². The first-order chi connectivity index (χ1) is 7.59. The molecule has 88 valence electrons. The highest BCUT2D eigenvalue weighted by Gasteiger charge is 2.25. The molecule has 1 heterocycles. The van der Waals surface area contributed by atoms with Crippen molar-refractivity contribution in [2.75, 3.05) is 5.73 Å². The minimum Gasteiger partial charge on any atom is -0.378 e. The lowest BCUT2D eigenvalue weighted by Gasteiger charge is -2.09. The molecule has 1 aromatic heterocycles. The molecule has 0 amide bonds. The lowest BCUT2D eigenvalue weighted by molar-refractivity contribution is -0.384. The summed E-state index contributed by atoms with van der Waals surface area (Å²) in [6.45, 7) is 2.33. The van der Waals surface area contributed by atoms with E-state index in [2.05, 4.69) is 5.10 Å². The number of nitrogens with zero attached hydrogens (tertiary/aromatic N) is 3. The second-order valence-electron chi connectivity index (χ2n) is 4.41. The number of nitrogens with two attached hydrogens (primary N) is 1. The van der Waals surface area contributed by atoms with Crippen molar-refractivity contribution >= 4 is 11.5 Å². The first-order valence-corrected chi connectivity index (χ1v) is 5.57. The summed E-state index contributed by atoms with van der Waals surface area (Å²) in [6, 6.07) is 0. The lowest BCUT2D eigenvalue weighted by atomic mass is 10.1. The van der Waals surface area contributed by atoms with Gasteiger partial charge in [-0.25, -0.2) is 4.68 Å². The van der Waals surface area contributed by atoms with Crippen LogP contribution in [0.3, 0.4) is 0 Å². The third-order valence-electron chi connectivity index (χ3n) is 3.22. The first-order valence-electron chi connectivity index (χ1n) is 5.57. The van der Waals surface area contributed by atoms with Crippen molar-refractivity contribution in [3.05, 3.63) is 15.8 Å².